The molecule has 0 aliphatic carbocycles. The van der Waals surface area contributed by atoms with Crippen molar-refractivity contribution in [2.24, 2.45) is 5.92 Å². The Labute approximate surface area is 244 Å². The van der Waals surface area contributed by atoms with E-state index in [9.17, 15) is 19.5 Å². The first-order chi connectivity index (χ1) is 19.8. The molecular weight excluding hydrogens is 516 g/mol. The topological polar surface area (TPSA) is 102 Å². The molecule has 8 nitrogen and oxygen atoms in total. The number of para-hydroxylation sites is 1. The Morgan fingerprint density at radius 2 is 1.66 bits per heavy atom. The van der Waals surface area contributed by atoms with Gasteiger partial charge in [-0.3, -0.25) is 14.4 Å². The highest BCUT2D eigenvalue weighted by atomic mass is 16.3. The van der Waals surface area contributed by atoms with Crippen molar-refractivity contribution in [1.29, 1.82) is 0 Å². The Morgan fingerprint density at radius 1 is 0.976 bits per heavy atom. The molecule has 2 aromatic carbocycles. The summed E-state index contributed by atoms with van der Waals surface area (Å²) in [5.74, 6) is -0.789. The summed E-state index contributed by atoms with van der Waals surface area (Å²) in [6.07, 6.45) is 4.01. The first-order valence-corrected chi connectivity index (χ1v) is 15.2. The van der Waals surface area contributed by atoms with E-state index in [1.54, 1.807) is 18.7 Å². The second-order valence-corrected chi connectivity index (χ2v) is 11.7. The number of benzene rings is 2. The average molecular weight is 563 g/mol. The number of carbonyl (C=O) groups is 3. The fraction of sp³-hybridized carbons (Fsp3) is 0.545. The third-order valence-corrected chi connectivity index (χ3v) is 8.79. The zero-order chi connectivity index (χ0) is 29.4. The molecular formula is C33H46N4O4. The molecule has 2 saturated heterocycles. The van der Waals surface area contributed by atoms with Gasteiger partial charge in [0.15, 0.2) is 0 Å². The summed E-state index contributed by atoms with van der Waals surface area (Å²) in [5.41, 5.74) is 1.40. The lowest BCUT2D eigenvalue weighted by molar-refractivity contribution is -0.140. The number of hydrogen-bond acceptors (Lipinski definition) is 5. The van der Waals surface area contributed by atoms with Crippen molar-refractivity contribution >= 4 is 23.4 Å². The fourth-order valence-electron chi connectivity index (χ4n) is 6.29. The van der Waals surface area contributed by atoms with Crippen LogP contribution in [0, 0.1) is 5.92 Å². The van der Waals surface area contributed by atoms with Crippen molar-refractivity contribution in [2.45, 2.75) is 89.4 Å². The highest BCUT2D eigenvalue weighted by Crippen LogP contribution is 2.42. The predicted molar refractivity (Wildman–Crippen MR) is 161 cm³/mol. The predicted octanol–water partition coefficient (Wildman–Crippen LogP) is 3.68. The van der Waals surface area contributed by atoms with Crippen LogP contribution in [0.3, 0.4) is 0 Å². The Hall–Kier alpha value is -3.39. The Bertz CT molecular complexity index is 1160. The summed E-state index contributed by atoms with van der Waals surface area (Å²) in [4.78, 5) is 44.0. The molecule has 0 aromatic heterocycles. The monoisotopic (exact) mass is 562 g/mol. The number of carbonyl (C=O) groups excluding carboxylic acids is 3. The maximum absolute atomic E-state index is 13.9. The number of hydrogen-bond donors (Lipinski definition) is 3. The number of unbranched alkanes of at least 4 members (excludes halogenated alkanes) is 1. The second kappa shape index (κ2) is 14.0. The molecule has 222 valence electrons. The number of likely N-dealkylation sites (tertiary alicyclic amines) is 1. The lowest BCUT2D eigenvalue weighted by Gasteiger charge is -2.36. The van der Waals surface area contributed by atoms with Gasteiger partial charge in [-0.25, -0.2) is 0 Å². The van der Waals surface area contributed by atoms with E-state index in [0.29, 0.717) is 25.9 Å². The standard InChI is InChI=1S/C33H46N4O4/c1-4-5-19-34-30(39)24(2)22-29(38)28(23-26-13-8-6-9-14-26)35-31(40)25(3)36-21-18-33(32(36)41)17-12-20-37(33)27-15-10-7-11-16-27/h6-11,13-16,24-25,28-29,38H,4-5,12,17-23H2,1-3H3,(H,34,39)(H,35,40)/t24-,25+,28+,29+,33-/m1/s1. The van der Waals surface area contributed by atoms with Crippen LogP contribution in [0.2, 0.25) is 0 Å². The molecule has 8 heteroatoms. The van der Waals surface area contributed by atoms with Crippen LogP contribution < -0.4 is 15.5 Å². The largest absolute Gasteiger partial charge is 0.391 e. The summed E-state index contributed by atoms with van der Waals surface area (Å²) in [6.45, 7) is 7.59. The quantitative estimate of drug-likeness (QED) is 0.324. The Morgan fingerprint density at radius 3 is 2.34 bits per heavy atom. The second-order valence-electron chi connectivity index (χ2n) is 11.7. The van der Waals surface area contributed by atoms with Crippen LogP contribution in [0.15, 0.2) is 60.7 Å². The molecule has 2 heterocycles. The first kappa shape index (κ1) is 30.6. The van der Waals surface area contributed by atoms with Gasteiger partial charge in [0.1, 0.15) is 11.6 Å². The molecule has 5 atom stereocenters. The maximum atomic E-state index is 13.9. The van der Waals surface area contributed by atoms with Gasteiger partial charge >= 0.3 is 0 Å². The molecule has 0 unspecified atom stereocenters. The third-order valence-electron chi connectivity index (χ3n) is 8.79. The van der Waals surface area contributed by atoms with Crippen molar-refractivity contribution in [3.63, 3.8) is 0 Å². The summed E-state index contributed by atoms with van der Waals surface area (Å²) in [6, 6.07) is 18.5. The molecule has 2 fully saturated rings. The van der Waals surface area contributed by atoms with Crippen molar-refractivity contribution in [3.05, 3.63) is 66.2 Å². The van der Waals surface area contributed by atoms with Gasteiger partial charge < -0.3 is 25.5 Å². The van der Waals surface area contributed by atoms with Crippen LogP contribution in [0.5, 0.6) is 0 Å². The normalized spacial score (nSPS) is 21.5. The molecule has 2 aliphatic rings. The molecule has 0 radical (unpaired) electrons. The lowest BCUT2D eigenvalue weighted by Crippen LogP contribution is -2.56. The van der Waals surface area contributed by atoms with E-state index in [1.165, 1.54) is 0 Å². The molecule has 0 saturated carbocycles. The molecule has 2 aliphatic heterocycles. The van der Waals surface area contributed by atoms with E-state index in [2.05, 4.69) is 22.5 Å². The number of nitrogens with zero attached hydrogens (tertiary/aromatic N) is 2. The van der Waals surface area contributed by atoms with Crippen LogP contribution in [-0.4, -0.2) is 71.1 Å². The van der Waals surface area contributed by atoms with Crippen molar-refractivity contribution in [2.75, 3.05) is 24.5 Å². The van der Waals surface area contributed by atoms with Gasteiger partial charge in [0.05, 0.1) is 12.1 Å². The minimum Gasteiger partial charge on any atom is -0.391 e. The zero-order valence-electron chi connectivity index (χ0n) is 24.7. The van der Waals surface area contributed by atoms with Crippen LogP contribution in [0.1, 0.15) is 64.9 Å². The summed E-state index contributed by atoms with van der Waals surface area (Å²) in [7, 11) is 0. The molecule has 41 heavy (non-hydrogen) atoms. The highest BCUT2D eigenvalue weighted by molar-refractivity contribution is 5.96. The fourth-order valence-corrected chi connectivity index (χ4v) is 6.29. The van der Waals surface area contributed by atoms with Gasteiger partial charge in [0.2, 0.25) is 17.7 Å². The van der Waals surface area contributed by atoms with Crippen LogP contribution in [0.25, 0.3) is 0 Å². The van der Waals surface area contributed by atoms with Gasteiger partial charge in [-0.1, -0.05) is 68.8 Å². The molecule has 3 amide bonds. The highest BCUT2D eigenvalue weighted by Gasteiger charge is 2.54. The summed E-state index contributed by atoms with van der Waals surface area (Å²) < 4.78 is 0. The number of anilines is 1. The van der Waals surface area contributed by atoms with E-state index < -0.39 is 29.6 Å². The SMILES string of the molecule is CCCCNC(=O)[C@H](C)C[C@H](O)[C@H](Cc1ccccc1)NC(=O)[C@H](C)N1CC[C@]2(CCCN2c2ccccc2)C1=O. The number of aliphatic hydroxyl groups excluding tert-OH is 1. The van der Waals surface area contributed by atoms with Crippen LogP contribution >= 0.6 is 0 Å². The van der Waals surface area contributed by atoms with Crippen molar-refractivity contribution in [1.82, 2.24) is 15.5 Å². The number of rotatable bonds is 13. The number of aliphatic hydroxyl groups is 1. The van der Waals surface area contributed by atoms with E-state index in [1.807, 2.05) is 60.7 Å². The molecule has 1 spiro atoms. The molecule has 3 N–H and O–H groups in total. The molecule has 4 rings (SSSR count). The minimum absolute atomic E-state index is 0.000895. The summed E-state index contributed by atoms with van der Waals surface area (Å²) >= 11 is 0. The third kappa shape index (κ3) is 7.10. The van der Waals surface area contributed by atoms with Crippen molar-refractivity contribution in [3.8, 4) is 0 Å². The van der Waals surface area contributed by atoms with Crippen LogP contribution in [0.4, 0.5) is 5.69 Å². The van der Waals surface area contributed by atoms with Gasteiger partial charge in [-0.15, -0.1) is 0 Å². The lowest BCUT2D eigenvalue weighted by atomic mass is 9.93. The van der Waals surface area contributed by atoms with Gasteiger partial charge in [0.25, 0.3) is 0 Å². The van der Waals surface area contributed by atoms with E-state index >= 15 is 0 Å². The summed E-state index contributed by atoms with van der Waals surface area (Å²) in [5, 5.41) is 17.2. The van der Waals surface area contributed by atoms with Crippen molar-refractivity contribution < 1.29 is 19.5 Å². The van der Waals surface area contributed by atoms with E-state index in [-0.39, 0.29) is 24.1 Å². The maximum Gasteiger partial charge on any atom is 0.249 e. The Balaban J connectivity index is 1.44. The number of nitrogens with one attached hydrogen (secondary N) is 2. The average Bonchev–Trinajstić information content (AvgIpc) is 3.56. The van der Waals surface area contributed by atoms with E-state index in [0.717, 1.165) is 43.5 Å². The first-order valence-electron chi connectivity index (χ1n) is 15.2. The van der Waals surface area contributed by atoms with E-state index in [4.69, 9.17) is 0 Å². The van der Waals surface area contributed by atoms with Gasteiger partial charge in [-0.05, 0) is 63.1 Å². The smallest absolute Gasteiger partial charge is 0.249 e. The van der Waals surface area contributed by atoms with Crippen LogP contribution in [-0.2, 0) is 20.8 Å². The zero-order valence-corrected chi connectivity index (χ0v) is 24.7. The van der Waals surface area contributed by atoms with Gasteiger partial charge in [-0.2, -0.15) is 0 Å². The molecule has 0 bridgehead atoms. The van der Waals surface area contributed by atoms with Gasteiger partial charge in [0, 0.05) is 31.2 Å². The number of amides is 3. The minimum atomic E-state index is -0.928. The molecule has 2 aromatic rings. The Kier molecular flexibility index (Phi) is 10.4.